The molecule has 0 saturated heterocycles. The number of aromatic nitrogens is 2. The molecular weight excluding hydrogens is 244 g/mol. The third-order valence-corrected chi connectivity index (χ3v) is 3.14. The lowest BCUT2D eigenvalue weighted by molar-refractivity contribution is 0.111. The fourth-order valence-electron chi connectivity index (χ4n) is 1.95. The Hall–Kier alpha value is -2.30. The van der Waals surface area contributed by atoms with Gasteiger partial charge in [-0.25, -0.2) is 4.98 Å². The van der Waals surface area contributed by atoms with E-state index in [-0.39, 0.29) is 0 Å². The average molecular weight is 260 g/mol. The van der Waals surface area contributed by atoms with Gasteiger partial charge in [0.1, 0.15) is 28.7 Å². The first-order valence-electron chi connectivity index (χ1n) is 5.83. The average Bonchev–Trinajstić information content (AvgIpc) is 2.73. The minimum atomic E-state index is 0.529. The molecule has 0 radical (unpaired) electrons. The van der Waals surface area contributed by atoms with Crippen LogP contribution < -0.4 is 9.47 Å². The lowest BCUT2D eigenvalue weighted by Crippen LogP contribution is -1.98. The molecule has 100 valence electrons. The van der Waals surface area contributed by atoms with Gasteiger partial charge in [-0.3, -0.25) is 4.79 Å². The third-order valence-electron chi connectivity index (χ3n) is 3.14. The Labute approximate surface area is 111 Å². The van der Waals surface area contributed by atoms with E-state index < -0.39 is 0 Å². The molecule has 2 aromatic rings. The zero-order chi connectivity index (χ0) is 14.0. The van der Waals surface area contributed by atoms with E-state index in [9.17, 15) is 4.79 Å². The largest absolute Gasteiger partial charge is 0.497 e. The molecule has 0 saturated carbocycles. The summed E-state index contributed by atoms with van der Waals surface area (Å²) >= 11 is 0. The smallest absolute Gasteiger partial charge is 0.168 e. The van der Waals surface area contributed by atoms with Crippen LogP contribution >= 0.6 is 0 Å². The van der Waals surface area contributed by atoms with E-state index in [0.717, 1.165) is 17.7 Å². The maximum absolute atomic E-state index is 11.2. The van der Waals surface area contributed by atoms with E-state index in [1.165, 1.54) is 0 Å². The lowest BCUT2D eigenvalue weighted by Gasteiger charge is -2.09. The molecule has 0 fully saturated rings. The van der Waals surface area contributed by atoms with Crippen LogP contribution in [-0.2, 0) is 7.05 Å². The molecule has 0 aliphatic carbocycles. The molecule has 0 aliphatic rings. The number of imidazole rings is 1. The van der Waals surface area contributed by atoms with Gasteiger partial charge in [-0.15, -0.1) is 0 Å². The van der Waals surface area contributed by atoms with E-state index in [1.54, 1.807) is 24.9 Å². The van der Waals surface area contributed by atoms with E-state index in [2.05, 4.69) is 4.98 Å². The normalized spacial score (nSPS) is 10.3. The van der Waals surface area contributed by atoms with Crippen LogP contribution in [0.4, 0.5) is 0 Å². The predicted octanol–water partition coefficient (Wildman–Crippen LogP) is 2.23. The van der Waals surface area contributed by atoms with Crippen molar-refractivity contribution in [1.82, 2.24) is 9.55 Å². The van der Waals surface area contributed by atoms with E-state index in [0.29, 0.717) is 22.9 Å². The summed E-state index contributed by atoms with van der Waals surface area (Å²) in [6.45, 7) is 1.85. The molecule has 1 aromatic carbocycles. The maximum atomic E-state index is 11.2. The summed E-state index contributed by atoms with van der Waals surface area (Å²) < 4.78 is 12.3. The molecule has 5 heteroatoms. The first-order chi connectivity index (χ1) is 9.12. The molecule has 0 unspecified atom stereocenters. The summed E-state index contributed by atoms with van der Waals surface area (Å²) in [7, 11) is 4.98. The second-order valence-electron chi connectivity index (χ2n) is 4.14. The van der Waals surface area contributed by atoms with E-state index in [4.69, 9.17) is 9.47 Å². The first kappa shape index (κ1) is 13.1. The molecule has 19 heavy (non-hydrogen) atoms. The minimum Gasteiger partial charge on any atom is -0.497 e. The van der Waals surface area contributed by atoms with Crippen molar-refractivity contribution in [3.8, 4) is 22.8 Å². The highest BCUT2D eigenvalue weighted by molar-refractivity contribution is 5.86. The van der Waals surface area contributed by atoms with E-state index in [1.807, 2.05) is 26.1 Å². The number of aryl methyl sites for hydroxylation is 1. The molecular formula is C14H16N2O3. The van der Waals surface area contributed by atoms with Gasteiger partial charge in [0.25, 0.3) is 0 Å². The second-order valence-corrected chi connectivity index (χ2v) is 4.14. The lowest BCUT2D eigenvalue weighted by atomic mass is 10.1. The van der Waals surface area contributed by atoms with Gasteiger partial charge in [0.15, 0.2) is 6.29 Å². The summed E-state index contributed by atoms with van der Waals surface area (Å²) in [6, 6.07) is 5.43. The van der Waals surface area contributed by atoms with E-state index >= 15 is 0 Å². The summed E-state index contributed by atoms with van der Waals surface area (Å²) in [4.78, 5) is 15.7. The number of aldehydes is 1. The Morgan fingerprint density at radius 3 is 2.58 bits per heavy atom. The van der Waals surface area contributed by atoms with Crippen molar-refractivity contribution >= 4 is 6.29 Å². The topological polar surface area (TPSA) is 53.4 Å². The van der Waals surface area contributed by atoms with Crippen LogP contribution in [0.3, 0.4) is 0 Å². The first-order valence-corrected chi connectivity index (χ1v) is 5.83. The number of nitrogens with zero attached hydrogens (tertiary/aromatic N) is 2. The molecule has 0 aliphatic heterocycles. The fraction of sp³-hybridized carbons (Fsp3) is 0.286. The minimum absolute atomic E-state index is 0.529. The number of methoxy groups -OCH3 is 2. The zero-order valence-electron chi connectivity index (χ0n) is 11.4. The molecule has 0 spiro atoms. The number of carbonyl (C=O) groups is 1. The van der Waals surface area contributed by atoms with Gasteiger partial charge in [0.2, 0.25) is 0 Å². The Morgan fingerprint density at radius 2 is 2.00 bits per heavy atom. The summed E-state index contributed by atoms with van der Waals surface area (Å²) in [5.41, 5.74) is 1.92. The number of rotatable bonds is 4. The number of ether oxygens (including phenoxy) is 2. The third kappa shape index (κ3) is 2.19. The van der Waals surface area contributed by atoms with Crippen molar-refractivity contribution in [3.05, 3.63) is 29.7 Å². The molecule has 5 nitrogen and oxygen atoms in total. The highest BCUT2D eigenvalue weighted by atomic mass is 16.5. The highest BCUT2D eigenvalue weighted by Gasteiger charge is 2.17. The molecule has 1 heterocycles. The van der Waals surface area contributed by atoms with Crippen LogP contribution in [0.2, 0.25) is 0 Å². The van der Waals surface area contributed by atoms with Gasteiger partial charge in [0.05, 0.1) is 14.2 Å². The Bertz CT molecular complexity index is 617. The SMILES string of the molecule is COc1ccc(-c2nc(C)n(C)c2C=O)c(OC)c1. The second kappa shape index (κ2) is 5.14. The van der Waals surface area contributed by atoms with Crippen molar-refractivity contribution in [1.29, 1.82) is 0 Å². The Kier molecular flexibility index (Phi) is 3.55. The summed E-state index contributed by atoms with van der Waals surface area (Å²) in [6.07, 6.45) is 0.805. The van der Waals surface area contributed by atoms with Crippen LogP contribution in [0.1, 0.15) is 16.3 Å². The number of carbonyl (C=O) groups excluding carboxylic acids is 1. The summed E-state index contributed by atoms with van der Waals surface area (Å²) in [5, 5.41) is 0. The highest BCUT2D eigenvalue weighted by Crippen LogP contribution is 2.34. The number of hydrogen-bond acceptors (Lipinski definition) is 4. The van der Waals surface area contributed by atoms with Gasteiger partial charge in [-0.05, 0) is 19.1 Å². The van der Waals surface area contributed by atoms with Crippen molar-refractivity contribution in [2.45, 2.75) is 6.92 Å². The summed E-state index contributed by atoms with van der Waals surface area (Å²) in [5.74, 6) is 2.09. The number of hydrogen-bond donors (Lipinski definition) is 0. The van der Waals surface area contributed by atoms with Crippen molar-refractivity contribution in [3.63, 3.8) is 0 Å². The van der Waals surface area contributed by atoms with Gasteiger partial charge in [-0.2, -0.15) is 0 Å². The van der Waals surface area contributed by atoms with Crippen LogP contribution in [0, 0.1) is 6.92 Å². The molecule has 0 atom stereocenters. The van der Waals surface area contributed by atoms with Gasteiger partial charge >= 0.3 is 0 Å². The standard InChI is InChI=1S/C14H16N2O3/c1-9-15-14(12(8-17)16(9)2)11-6-5-10(18-3)7-13(11)19-4/h5-8H,1-4H3. The quantitative estimate of drug-likeness (QED) is 0.791. The molecule has 0 amide bonds. The van der Waals surface area contributed by atoms with Crippen molar-refractivity contribution in [2.24, 2.45) is 7.05 Å². The Morgan fingerprint density at radius 1 is 1.26 bits per heavy atom. The van der Waals surface area contributed by atoms with Crippen LogP contribution in [0.25, 0.3) is 11.3 Å². The van der Waals surface area contributed by atoms with Crippen LogP contribution in [0.15, 0.2) is 18.2 Å². The molecule has 0 N–H and O–H groups in total. The molecule has 0 bridgehead atoms. The van der Waals surface area contributed by atoms with Crippen LogP contribution in [-0.4, -0.2) is 30.1 Å². The van der Waals surface area contributed by atoms with Crippen molar-refractivity contribution < 1.29 is 14.3 Å². The van der Waals surface area contributed by atoms with Gasteiger partial charge < -0.3 is 14.0 Å². The molecule has 2 rings (SSSR count). The van der Waals surface area contributed by atoms with Crippen LogP contribution in [0.5, 0.6) is 11.5 Å². The van der Waals surface area contributed by atoms with Gasteiger partial charge in [-0.1, -0.05) is 0 Å². The monoisotopic (exact) mass is 260 g/mol. The maximum Gasteiger partial charge on any atom is 0.168 e. The fourth-order valence-corrected chi connectivity index (χ4v) is 1.95. The zero-order valence-corrected chi connectivity index (χ0v) is 11.4. The number of benzene rings is 1. The predicted molar refractivity (Wildman–Crippen MR) is 71.9 cm³/mol. The van der Waals surface area contributed by atoms with Gasteiger partial charge in [0, 0.05) is 18.7 Å². The Balaban J connectivity index is 2.64. The van der Waals surface area contributed by atoms with Crippen molar-refractivity contribution in [2.75, 3.05) is 14.2 Å². The molecule has 1 aromatic heterocycles.